The van der Waals surface area contributed by atoms with Gasteiger partial charge >= 0.3 is 0 Å². The number of anilines is 1. The molecule has 0 saturated carbocycles. The van der Waals surface area contributed by atoms with Crippen molar-refractivity contribution in [3.8, 4) is 0 Å². The summed E-state index contributed by atoms with van der Waals surface area (Å²) in [5.74, 6) is 0.259. The van der Waals surface area contributed by atoms with E-state index in [1.807, 2.05) is 17.0 Å². The molecule has 2 fully saturated rings. The van der Waals surface area contributed by atoms with Gasteiger partial charge in [0.25, 0.3) is 0 Å². The normalized spacial score (nSPS) is 20.1. The molecule has 3 rings (SSSR count). The van der Waals surface area contributed by atoms with E-state index in [4.69, 9.17) is 23.2 Å². The van der Waals surface area contributed by atoms with Gasteiger partial charge < -0.3 is 14.7 Å². The summed E-state index contributed by atoms with van der Waals surface area (Å²) in [4.78, 5) is 21.4. The van der Waals surface area contributed by atoms with Crippen molar-refractivity contribution in [3.63, 3.8) is 0 Å². The predicted octanol–water partition coefficient (Wildman–Crippen LogP) is 2.28. The molecule has 1 aromatic carbocycles. The first-order valence-electron chi connectivity index (χ1n) is 8.98. The number of rotatable bonds is 4. The molecule has 25 heavy (non-hydrogen) atoms. The number of benzene rings is 1. The van der Waals surface area contributed by atoms with Gasteiger partial charge in [0.1, 0.15) is 0 Å². The van der Waals surface area contributed by atoms with E-state index < -0.39 is 0 Å². The summed E-state index contributed by atoms with van der Waals surface area (Å²) in [6.07, 6.45) is 0. The number of hydrogen-bond acceptors (Lipinski definition) is 4. The summed E-state index contributed by atoms with van der Waals surface area (Å²) >= 11 is 12.2. The van der Waals surface area contributed by atoms with Crippen LogP contribution in [0.15, 0.2) is 18.2 Å². The Morgan fingerprint density at radius 3 is 2.00 bits per heavy atom. The van der Waals surface area contributed by atoms with Crippen LogP contribution in [-0.2, 0) is 4.79 Å². The summed E-state index contributed by atoms with van der Waals surface area (Å²) in [5, 5.41) is 1.32. The first-order valence-corrected chi connectivity index (χ1v) is 9.74. The van der Waals surface area contributed by atoms with Gasteiger partial charge in [0, 0.05) is 68.1 Å². The van der Waals surface area contributed by atoms with Gasteiger partial charge in [-0.1, -0.05) is 30.1 Å². The van der Waals surface area contributed by atoms with Gasteiger partial charge in [-0.25, -0.2) is 0 Å². The van der Waals surface area contributed by atoms with Gasteiger partial charge in [0.15, 0.2) is 0 Å². The van der Waals surface area contributed by atoms with Crippen LogP contribution in [-0.4, -0.2) is 86.1 Å². The minimum atomic E-state index is 0.259. The number of carbonyl (C=O) groups excluding carboxylic acids is 1. The van der Waals surface area contributed by atoms with Gasteiger partial charge in [-0.15, -0.1) is 0 Å². The SMILES string of the molecule is CCN1CCN(C(=O)CN2CCN(c3cc(Cl)cc(Cl)c3)CC2)CC1. The van der Waals surface area contributed by atoms with Crippen molar-refractivity contribution in [1.82, 2.24) is 14.7 Å². The van der Waals surface area contributed by atoms with Crippen LogP contribution < -0.4 is 4.90 Å². The lowest BCUT2D eigenvalue weighted by molar-refractivity contribution is -0.134. The maximum absolute atomic E-state index is 12.5. The molecule has 2 saturated heterocycles. The fourth-order valence-corrected chi connectivity index (χ4v) is 4.01. The van der Waals surface area contributed by atoms with Crippen LogP contribution in [0.3, 0.4) is 0 Å². The number of likely N-dealkylation sites (N-methyl/N-ethyl adjacent to an activating group) is 1. The van der Waals surface area contributed by atoms with Crippen molar-refractivity contribution in [2.24, 2.45) is 0 Å². The molecular formula is C18H26Cl2N4O. The standard InChI is InChI=1S/C18H26Cl2N4O/c1-2-21-3-9-24(10-4-21)18(25)14-22-5-7-23(8-6-22)17-12-15(19)11-16(20)13-17/h11-13H,2-10,14H2,1H3. The Morgan fingerprint density at radius 2 is 1.44 bits per heavy atom. The molecule has 2 heterocycles. The maximum Gasteiger partial charge on any atom is 0.236 e. The van der Waals surface area contributed by atoms with E-state index >= 15 is 0 Å². The molecule has 0 aromatic heterocycles. The molecule has 1 aromatic rings. The van der Waals surface area contributed by atoms with Gasteiger partial charge in [-0.2, -0.15) is 0 Å². The van der Waals surface area contributed by atoms with Crippen LogP contribution in [0.1, 0.15) is 6.92 Å². The molecule has 0 unspecified atom stereocenters. The Balaban J connectivity index is 1.47. The first kappa shape index (κ1) is 18.8. The summed E-state index contributed by atoms with van der Waals surface area (Å²) in [7, 11) is 0. The first-order chi connectivity index (χ1) is 12.0. The van der Waals surface area contributed by atoms with E-state index in [2.05, 4.69) is 21.6 Å². The number of hydrogen-bond donors (Lipinski definition) is 0. The number of piperazine rings is 2. The second-order valence-corrected chi connectivity index (χ2v) is 7.58. The van der Waals surface area contributed by atoms with Crippen LogP contribution in [0.2, 0.25) is 10.0 Å². The van der Waals surface area contributed by atoms with Crippen molar-refractivity contribution < 1.29 is 4.79 Å². The smallest absolute Gasteiger partial charge is 0.236 e. The Bertz CT molecular complexity index is 576. The van der Waals surface area contributed by atoms with Crippen molar-refractivity contribution >= 4 is 34.8 Å². The van der Waals surface area contributed by atoms with Crippen molar-refractivity contribution in [2.75, 3.05) is 70.3 Å². The zero-order valence-corrected chi connectivity index (χ0v) is 16.3. The highest BCUT2D eigenvalue weighted by atomic mass is 35.5. The maximum atomic E-state index is 12.5. The number of amides is 1. The minimum absolute atomic E-state index is 0.259. The summed E-state index contributed by atoms with van der Waals surface area (Å²) in [6.45, 7) is 11.0. The van der Waals surface area contributed by atoms with E-state index in [1.54, 1.807) is 6.07 Å². The molecule has 5 nitrogen and oxygen atoms in total. The molecule has 0 bridgehead atoms. The monoisotopic (exact) mass is 384 g/mol. The highest BCUT2D eigenvalue weighted by Crippen LogP contribution is 2.26. The fourth-order valence-electron chi connectivity index (χ4n) is 3.49. The van der Waals surface area contributed by atoms with Gasteiger partial charge in [0.2, 0.25) is 5.91 Å². The number of halogens is 2. The molecule has 138 valence electrons. The summed E-state index contributed by atoms with van der Waals surface area (Å²) in [6, 6.07) is 5.64. The Labute approximate surface area is 160 Å². The van der Waals surface area contributed by atoms with Crippen LogP contribution in [0.5, 0.6) is 0 Å². The Kier molecular flexibility index (Phi) is 6.44. The van der Waals surface area contributed by atoms with Crippen LogP contribution in [0.25, 0.3) is 0 Å². The molecular weight excluding hydrogens is 359 g/mol. The van der Waals surface area contributed by atoms with E-state index in [0.717, 1.165) is 64.6 Å². The molecule has 1 amide bonds. The predicted molar refractivity (Wildman–Crippen MR) is 104 cm³/mol. The molecule has 2 aliphatic heterocycles. The fraction of sp³-hybridized carbons (Fsp3) is 0.611. The lowest BCUT2D eigenvalue weighted by atomic mass is 10.2. The Hall–Kier alpha value is -1.01. The summed E-state index contributed by atoms with van der Waals surface area (Å²) < 4.78 is 0. The molecule has 0 spiro atoms. The summed E-state index contributed by atoms with van der Waals surface area (Å²) in [5.41, 5.74) is 1.05. The van der Waals surface area contributed by atoms with Crippen LogP contribution in [0, 0.1) is 0 Å². The lowest BCUT2D eigenvalue weighted by Gasteiger charge is -2.38. The zero-order chi connectivity index (χ0) is 17.8. The Morgan fingerprint density at radius 1 is 0.880 bits per heavy atom. The van der Waals surface area contributed by atoms with Gasteiger partial charge in [-0.3, -0.25) is 9.69 Å². The number of carbonyl (C=O) groups is 1. The second kappa shape index (κ2) is 8.58. The third-order valence-corrected chi connectivity index (χ3v) is 5.55. The molecule has 0 atom stereocenters. The lowest BCUT2D eigenvalue weighted by Crippen LogP contribution is -2.53. The second-order valence-electron chi connectivity index (χ2n) is 6.71. The van der Waals surface area contributed by atoms with Crippen molar-refractivity contribution in [1.29, 1.82) is 0 Å². The van der Waals surface area contributed by atoms with Gasteiger partial charge in [-0.05, 0) is 24.7 Å². The van der Waals surface area contributed by atoms with E-state index in [-0.39, 0.29) is 5.91 Å². The van der Waals surface area contributed by atoms with Crippen molar-refractivity contribution in [3.05, 3.63) is 28.2 Å². The third-order valence-electron chi connectivity index (χ3n) is 5.12. The van der Waals surface area contributed by atoms with E-state index in [0.29, 0.717) is 16.6 Å². The average molecular weight is 385 g/mol. The van der Waals surface area contributed by atoms with Gasteiger partial charge in [0.05, 0.1) is 6.54 Å². The molecule has 7 heteroatoms. The van der Waals surface area contributed by atoms with Crippen molar-refractivity contribution in [2.45, 2.75) is 6.92 Å². The molecule has 0 N–H and O–H groups in total. The third kappa shape index (κ3) is 5.00. The number of nitrogens with zero attached hydrogens (tertiary/aromatic N) is 4. The zero-order valence-electron chi connectivity index (χ0n) is 14.8. The minimum Gasteiger partial charge on any atom is -0.369 e. The highest BCUT2D eigenvalue weighted by Gasteiger charge is 2.24. The molecule has 0 aliphatic carbocycles. The van der Waals surface area contributed by atoms with E-state index in [1.165, 1.54) is 0 Å². The van der Waals surface area contributed by atoms with Crippen LogP contribution >= 0.6 is 23.2 Å². The van der Waals surface area contributed by atoms with Crippen LogP contribution in [0.4, 0.5) is 5.69 Å². The van der Waals surface area contributed by atoms with E-state index in [9.17, 15) is 4.79 Å². The average Bonchev–Trinajstić information content (AvgIpc) is 2.61. The highest BCUT2D eigenvalue weighted by molar-refractivity contribution is 6.35. The largest absolute Gasteiger partial charge is 0.369 e. The topological polar surface area (TPSA) is 30.0 Å². The molecule has 2 aliphatic rings. The molecule has 0 radical (unpaired) electrons. The quantitative estimate of drug-likeness (QED) is 0.796.